The average molecular weight is 247 g/mol. The molecule has 0 spiro atoms. The maximum Gasteiger partial charge on any atom is 0.295 e. The fraction of sp³-hybridized carbons (Fsp3) is 0.250. The van der Waals surface area contributed by atoms with Crippen LogP contribution in [-0.2, 0) is 0 Å². The number of non-ortho nitro benzene ring substituents is 1. The van der Waals surface area contributed by atoms with Gasteiger partial charge in [0.05, 0.1) is 4.92 Å². The third kappa shape index (κ3) is 2.38. The average Bonchev–Trinajstić information content (AvgIpc) is 2.38. The fourth-order valence-electron chi connectivity index (χ4n) is 1.76. The minimum absolute atomic E-state index is 0.00157. The maximum absolute atomic E-state index is 10.9. The Hall–Kier alpha value is -2.21. The maximum atomic E-state index is 10.9. The minimum Gasteiger partial charge on any atom is -0.396 e. The predicted molar refractivity (Wildman–Crippen MR) is 68.6 cm³/mol. The summed E-state index contributed by atoms with van der Waals surface area (Å²) in [6.07, 6.45) is 2.16. The molecule has 0 amide bonds. The fourth-order valence-corrected chi connectivity index (χ4v) is 1.76. The number of anilines is 1. The third-order valence-electron chi connectivity index (χ3n) is 2.60. The van der Waals surface area contributed by atoms with Crippen molar-refractivity contribution in [1.82, 2.24) is 4.98 Å². The molecule has 94 valence electrons. The first-order valence-corrected chi connectivity index (χ1v) is 5.61. The molecule has 1 aromatic carbocycles. The highest BCUT2D eigenvalue weighted by atomic mass is 16.6. The van der Waals surface area contributed by atoms with Gasteiger partial charge in [-0.05, 0) is 24.6 Å². The number of hydrogen-bond donors (Lipinski definition) is 2. The molecule has 6 heteroatoms. The number of fused-ring (bicyclic) bond motifs is 1. The molecule has 0 aliphatic carbocycles. The molecule has 2 aromatic rings. The molecule has 1 heterocycles. The Kier molecular flexibility index (Phi) is 3.69. The molecule has 2 N–H and O–H groups in total. The zero-order valence-electron chi connectivity index (χ0n) is 9.67. The monoisotopic (exact) mass is 247 g/mol. The topological polar surface area (TPSA) is 88.3 Å². The number of nitro groups is 1. The van der Waals surface area contributed by atoms with Crippen molar-refractivity contribution in [3.63, 3.8) is 0 Å². The molecule has 18 heavy (non-hydrogen) atoms. The van der Waals surface area contributed by atoms with Crippen LogP contribution in [0, 0.1) is 10.1 Å². The number of nitro benzene ring substituents is 1. The molecule has 0 bridgehead atoms. The van der Waals surface area contributed by atoms with E-state index in [2.05, 4.69) is 10.3 Å². The SMILES string of the molecule is O=[N+]([O-])c1ccc(NCCCO)c2cccnc12. The summed E-state index contributed by atoms with van der Waals surface area (Å²) >= 11 is 0. The van der Waals surface area contributed by atoms with E-state index < -0.39 is 4.92 Å². The summed E-state index contributed by atoms with van der Waals surface area (Å²) < 4.78 is 0. The highest BCUT2D eigenvalue weighted by Crippen LogP contribution is 2.29. The molecule has 6 nitrogen and oxygen atoms in total. The lowest BCUT2D eigenvalue weighted by Gasteiger charge is -2.08. The zero-order valence-corrected chi connectivity index (χ0v) is 9.67. The lowest BCUT2D eigenvalue weighted by molar-refractivity contribution is -0.383. The van der Waals surface area contributed by atoms with Crippen LogP contribution in [0.2, 0.25) is 0 Å². The van der Waals surface area contributed by atoms with Crippen LogP contribution in [-0.4, -0.2) is 28.2 Å². The van der Waals surface area contributed by atoms with Gasteiger partial charge >= 0.3 is 0 Å². The van der Waals surface area contributed by atoms with Crippen LogP contribution in [0.15, 0.2) is 30.5 Å². The first-order valence-electron chi connectivity index (χ1n) is 5.61. The lowest BCUT2D eigenvalue weighted by Crippen LogP contribution is -2.04. The van der Waals surface area contributed by atoms with Gasteiger partial charge in [-0.3, -0.25) is 10.1 Å². The van der Waals surface area contributed by atoms with E-state index >= 15 is 0 Å². The van der Waals surface area contributed by atoms with Crippen LogP contribution >= 0.6 is 0 Å². The van der Waals surface area contributed by atoms with Crippen molar-refractivity contribution in [1.29, 1.82) is 0 Å². The van der Waals surface area contributed by atoms with Gasteiger partial charge in [0.1, 0.15) is 5.52 Å². The van der Waals surface area contributed by atoms with Crippen molar-refractivity contribution >= 4 is 22.3 Å². The number of nitrogens with one attached hydrogen (secondary N) is 1. The quantitative estimate of drug-likeness (QED) is 0.479. The number of nitrogens with zero attached hydrogens (tertiary/aromatic N) is 2. The molecule has 2 rings (SSSR count). The molecule has 0 saturated carbocycles. The molecule has 0 aliphatic rings. The summed E-state index contributed by atoms with van der Waals surface area (Å²) in [6.45, 7) is 0.717. The summed E-state index contributed by atoms with van der Waals surface area (Å²) in [6, 6.07) is 6.63. The van der Waals surface area contributed by atoms with Crippen LogP contribution in [0.3, 0.4) is 0 Å². The van der Waals surface area contributed by atoms with Crippen molar-refractivity contribution in [2.45, 2.75) is 6.42 Å². The number of pyridine rings is 1. The van der Waals surface area contributed by atoms with E-state index in [0.29, 0.717) is 23.9 Å². The van der Waals surface area contributed by atoms with Gasteiger partial charge < -0.3 is 10.4 Å². The normalized spacial score (nSPS) is 10.5. The molecule has 0 radical (unpaired) electrons. The summed E-state index contributed by atoms with van der Waals surface area (Å²) in [5.74, 6) is 0. The third-order valence-corrected chi connectivity index (χ3v) is 2.60. The number of aromatic nitrogens is 1. The molecule has 0 atom stereocenters. The van der Waals surface area contributed by atoms with Crippen LogP contribution in [0.5, 0.6) is 0 Å². The second-order valence-corrected chi connectivity index (χ2v) is 3.79. The highest BCUT2D eigenvalue weighted by Gasteiger charge is 2.14. The Bertz CT molecular complexity index is 571. The van der Waals surface area contributed by atoms with E-state index in [1.165, 1.54) is 12.3 Å². The molecular formula is C12H13N3O3. The smallest absolute Gasteiger partial charge is 0.295 e. The van der Waals surface area contributed by atoms with E-state index in [0.717, 1.165) is 5.69 Å². The number of rotatable bonds is 5. The lowest BCUT2D eigenvalue weighted by atomic mass is 10.1. The second kappa shape index (κ2) is 5.42. The van der Waals surface area contributed by atoms with Gasteiger partial charge in [0.15, 0.2) is 0 Å². The van der Waals surface area contributed by atoms with E-state index in [9.17, 15) is 10.1 Å². The molecular weight excluding hydrogens is 234 g/mol. The Labute approximate surface area is 103 Å². The largest absolute Gasteiger partial charge is 0.396 e. The Morgan fingerprint density at radius 3 is 2.94 bits per heavy atom. The summed E-state index contributed by atoms with van der Waals surface area (Å²) in [4.78, 5) is 14.5. The van der Waals surface area contributed by atoms with Crippen LogP contribution in [0.1, 0.15) is 6.42 Å². The van der Waals surface area contributed by atoms with Gasteiger partial charge in [-0.1, -0.05) is 0 Å². The van der Waals surface area contributed by atoms with Gasteiger partial charge in [-0.15, -0.1) is 0 Å². The molecule has 0 unspecified atom stereocenters. The van der Waals surface area contributed by atoms with Gasteiger partial charge in [0.25, 0.3) is 5.69 Å². The second-order valence-electron chi connectivity index (χ2n) is 3.79. The van der Waals surface area contributed by atoms with Crippen molar-refractivity contribution in [2.75, 3.05) is 18.5 Å². The summed E-state index contributed by atoms with van der Waals surface area (Å²) in [7, 11) is 0. The Balaban J connectivity index is 2.44. The van der Waals surface area contributed by atoms with Crippen molar-refractivity contribution in [3.8, 4) is 0 Å². The van der Waals surface area contributed by atoms with Crippen molar-refractivity contribution < 1.29 is 10.0 Å². The molecule has 0 aliphatic heterocycles. The summed E-state index contributed by atoms with van der Waals surface area (Å²) in [5.41, 5.74) is 1.16. The number of aliphatic hydroxyl groups is 1. The van der Waals surface area contributed by atoms with Crippen LogP contribution < -0.4 is 5.32 Å². The Morgan fingerprint density at radius 2 is 2.22 bits per heavy atom. The van der Waals surface area contributed by atoms with E-state index in [-0.39, 0.29) is 12.3 Å². The molecule has 0 saturated heterocycles. The van der Waals surface area contributed by atoms with Gasteiger partial charge in [-0.2, -0.15) is 0 Å². The Morgan fingerprint density at radius 1 is 1.39 bits per heavy atom. The number of hydrogen-bond acceptors (Lipinski definition) is 5. The van der Waals surface area contributed by atoms with Crippen molar-refractivity contribution in [2.24, 2.45) is 0 Å². The minimum atomic E-state index is -0.438. The van der Waals surface area contributed by atoms with Crippen LogP contribution in [0.25, 0.3) is 10.9 Å². The first-order chi connectivity index (χ1) is 8.74. The number of aliphatic hydroxyl groups excluding tert-OH is 1. The van der Waals surface area contributed by atoms with Gasteiger partial charge in [-0.25, -0.2) is 4.98 Å². The van der Waals surface area contributed by atoms with Gasteiger partial charge in [0, 0.05) is 36.5 Å². The molecule has 1 aromatic heterocycles. The predicted octanol–water partition coefficient (Wildman–Crippen LogP) is 1.94. The standard InChI is InChI=1S/C12H13N3O3/c16-8-2-7-13-10-4-5-11(15(17)18)12-9(10)3-1-6-14-12/h1,3-6,13,16H,2,7-8H2. The van der Waals surface area contributed by atoms with Gasteiger partial charge in [0.2, 0.25) is 0 Å². The van der Waals surface area contributed by atoms with E-state index in [1.54, 1.807) is 18.2 Å². The van der Waals surface area contributed by atoms with Crippen LogP contribution in [0.4, 0.5) is 11.4 Å². The number of benzene rings is 1. The first kappa shape index (κ1) is 12.3. The van der Waals surface area contributed by atoms with Crippen molar-refractivity contribution in [3.05, 3.63) is 40.6 Å². The van der Waals surface area contributed by atoms with E-state index in [1.807, 2.05) is 0 Å². The molecule has 0 fully saturated rings. The summed E-state index contributed by atoms with van der Waals surface area (Å²) in [5, 5.41) is 23.5. The highest BCUT2D eigenvalue weighted by molar-refractivity contribution is 5.96. The van der Waals surface area contributed by atoms with E-state index in [4.69, 9.17) is 5.11 Å². The zero-order chi connectivity index (χ0) is 13.0.